The van der Waals surface area contributed by atoms with Crippen LogP contribution in [0.4, 0.5) is 5.69 Å². The van der Waals surface area contributed by atoms with Gasteiger partial charge >= 0.3 is 0 Å². The Kier molecular flexibility index (Phi) is 2.89. The molecule has 6 nitrogen and oxygen atoms in total. The van der Waals surface area contributed by atoms with E-state index < -0.39 is 0 Å². The molecule has 3 rings (SSSR count). The molecule has 1 aromatic carbocycles. The molecule has 0 aliphatic heterocycles. The van der Waals surface area contributed by atoms with Crippen molar-refractivity contribution in [3.05, 3.63) is 48.6 Å². The van der Waals surface area contributed by atoms with Gasteiger partial charge in [-0.2, -0.15) is 4.98 Å². The molecule has 0 amide bonds. The average Bonchev–Trinajstić information content (AvgIpc) is 3.09. The van der Waals surface area contributed by atoms with Gasteiger partial charge in [-0.05, 0) is 36.4 Å². The van der Waals surface area contributed by atoms with Gasteiger partial charge in [-0.15, -0.1) is 0 Å². The van der Waals surface area contributed by atoms with Gasteiger partial charge in [-0.3, -0.25) is 0 Å². The van der Waals surface area contributed by atoms with Crippen LogP contribution in [0, 0.1) is 0 Å². The summed E-state index contributed by atoms with van der Waals surface area (Å²) in [5.74, 6) is 2.03. The molecule has 0 atom stereocenters. The van der Waals surface area contributed by atoms with E-state index in [1.807, 2.05) is 0 Å². The quantitative estimate of drug-likeness (QED) is 0.722. The molecule has 0 aliphatic rings. The van der Waals surface area contributed by atoms with Gasteiger partial charge in [0.25, 0.3) is 5.89 Å². The lowest BCUT2D eigenvalue weighted by molar-refractivity contribution is 0.243. The van der Waals surface area contributed by atoms with Crippen LogP contribution in [-0.4, -0.2) is 10.1 Å². The van der Waals surface area contributed by atoms with Gasteiger partial charge in [0.05, 0.1) is 6.26 Å². The maximum Gasteiger partial charge on any atom is 0.264 e. The number of hydrogen-bond donors (Lipinski definition) is 1. The molecule has 0 spiro atoms. The maximum atomic E-state index is 5.58. The molecule has 6 heteroatoms. The largest absolute Gasteiger partial charge is 0.484 e. The molecule has 0 aliphatic carbocycles. The molecular weight excluding hydrogens is 246 g/mol. The molecule has 0 unspecified atom stereocenters. The summed E-state index contributed by atoms with van der Waals surface area (Å²) in [7, 11) is 0. The van der Waals surface area contributed by atoms with Crippen LogP contribution < -0.4 is 10.5 Å². The molecule has 19 heavy (non-hydrogen) atoms. The smallest absolute Gasteiger partial charge is 0.264 e. The molecule has 96 valence electrons. The zero-order chi connectivity index (χ0) is 13.1. The third-order valence-corrected chi connectivity index (χ3v) is 2.45. The van der Waals surface area contributed by atoms with Crippen molar-refractivity contribution in [2.75, 3.05) is 5.73 Å². The van der Waals surface area contributed by atoms with Crippen LogP contribution in [-0.2, 0) is 6.61 Å². The first-order valence-corrected chi connectivity index (χ1v) is 5.66. The number of nitrogens with zero attached hydrogens (tertiary/aromatic N) is 2. The molecule has 0 saturated heterocycles. The highest BCUT2D eigenvalue weighted by molar-refractivity contribution is 5.44. The topological polar surface area (TPSA) is 87.3 Å². The Morgan fingerprint density at radius 2 is 2.00 bits per heavy atom. The summed E-state index contributed by atoms with van der Waals surface area (Å²) in [5, 5.41) is 3.81. The normalized spacial score (nSPS) is 10.5. The molecule has 3 aromatic rings. The number of aromatic nitrogens is 2. The fourth-order valence-corrected chi connectivity index (χ4v) is 1.53. The first-order chi connectivity index (χ1) is 9.31. The predicted molar refractivity (Wildman–Crippen MR) is 67.2 cm³/mol. The van der Waals surface area contributed by atoms with Crippen molar-refractivity contribution in [1.29, 1.82) is 0 Å². The highest BCUT2D eigenvalue weighted by Gasteiger charge is 2.10. The van der Waals surface area contributed by atoms with E-state index in [-0.39, 0.29) is 6.61 Å². The minimum atomic E-state index is 0.192. The van der Waals surface area contributed by atoms with Crippen molar-refractivity contribution in [1.82, 2.24) is 10.1 Å². The number of rotatable bonds is 4. The molecule has 0 fully saturated rings. The Hall–Kier alpha value is -2.76. The van der Waals surface area contributed by atoms with Crippen LogP contribution in [0.25, 0.3) is 11.6 Å². The molecular formula is C13H11N3O3. The number of ether oxygens (including phenoxy) is 1. The van der Waals surface area contributed by atoms with Crippen molar-refractivity contribution in [3.8, 4) is 17.3 Å². The number of hydrogen-bond acceptors (Lipinski definition) is 6. The highest BCUT2D eigenvalue weighted by atomic mass is 16.5. The number of benzene rings is 1. The molecule has 0 radical (unpaired) electrons. The third-order valence-electron chi connectivity index (χ3n) is 2.45. The molecule has 0 bridgehead atoms. The number of furan rings is 1. The van der Waals surface area contributed by atoms with Gasteiger partial charge in [0.1, 0.15) is 5.75 Å². The monoisotopic (exact) mass is 257 g/mol. The Balaban J connectivity index is 1.66. The van der Waals surface area contributed by atoms with Crippen LogP contribution in [0.2, 0.25) is 0 Å². The maximum absolute atomic E-state index is 5.58. The SMILES string of the molecule is Nc1ccc(OCc2nc(-c3ccco3)no2)cc1. The second kappa shape index (κ2) is 4.85. The highest BCUT2D eigenvalue weighted by Crippen LogP contribution is 2.17. The fourth-order valence-electron chi connectivity index (χ4n) is 1.53. The number of nitrogen functional groups attached to an aromatic ring is 1. The van der Waals surface area contributed by atoms with Crippen molar-refractivity contribution < 1.29 is 13.7 Å². The number of anilines is 1. The van der Waals surface area contributed by atoms with Gasteiger partial charge in [-0.1, -0.05) is 5.16 Å². The van der Waals surface area contributed by atoms with Crippen molar-refractivity contribution in [2.45, 2.75) is 6.61 Å². The van der Waals surface area contributed by atoms with E-state index in [4.69, 9.17) is 19.4 Å². The summed E-state index contributed by atoms with van der Waals surface area (Å²) in [4.78, 5) is 4.16. The lowest BCUT2D eigenvalue weighted by Gasteiger charge is -2.02. The third kappa shape index (κ3) is 2.57. The van der Waals surface area contributed by atoms with Crippen molar-refractivity contribution in [2.24, 2.45) is 0 Å². The van der Waals surface area contributed by atoms with Crippen LogP contribution in [0.5, 0.6) is 5.75 Å². The second-order valence-electron chi connectivity index (χ2n) is 3.85. The summed E-state index contributed by atoms with van der Waals surface area (Å²) < 4.78 is 15.7. The van der Waals surface area contributed by atoms with Crippen LogP contribution >= 0.6 is 0 Å². The summed E-state index contributed by atoms with van der Waals surface area (Å²) >= 11 is 0. The minimum Gasteiger partial charge on any atom is -0.484 e. The molecule has 2 heterocycles. The van der Waals surface area contributed by atoms with E-state index in [9.17, 15) is 0 Å². The Bertz CT molecular complexity index is 644. The minimum absolute atomic E-state index is 0.192. The summed E-state index contributed by atoms with van der Waals surface area (Å²) in [6.07, 6.45) is 1.55. The predicted octanol–water partition coefficient (Wildman–Crippen LogP) is 2.49. The van der Waals surface area contributed by atoms with Crippen LogP contribution in [0.3, 0.4) is 0 Å². The zero-order valence-electron chi connectivity index (χ0n) is 9.95. The van der Waals surface area contributed by atoms with Crippen molar-refractivity contribution >= 4 is 5.69 Å². The lowest BCUT2D eigenvalue weighted by atomic mass is 10.3. The standard InChI is InChI=1S/C13H11N3O3/c14-9-3-5-10(6-4-9)18-8-12-15-13(16-19-12)11-2-1-7-17-11/h1-7H,8,14H2. The van der Waals surface area contributed by atoms with E-state index in [2.05, 4.69) is 10.1 Å². The Morgan fingerprint density at radius 1 is 1.16 bits per heavy atom. The van der Waals surface area contributed by atoms with Gasteiger partial charge in [0.2, 0.25) is 5.82 Å². The first-order valence-electron chi connectivity index (χ1n) is 5.66. The summed E-state index contributed by atoms with van der Waals surface area (Å²) in [6.45, 7) is 0.192. The summed E-state index contributed by atoms with van der Waals surface area (Å²) in [5.41, 5.74) is 6.27. The molecule has 2 aromatic heterocycles. The van der Waals surface area contributed by atoms with Crippen molar-refractivity contribution in [3.63, 3.8) is 0 Å². The van der Waals surface area contributed by atoms with Gasteiger partial charge in [0.15, 0.2) is 12.4 Å². The van der Waals surface area contributed by atoms with E-state index >= 15 is 0 Å². The Labute approximate surface area is 108 Å². The van der Waals surface area contributed by atoms with E-state index in [0.717, 1.165) is 0 Å². The summed E-state index contributed by atoms with van der Waals surface area (Å²) in [6, 6.07) is 10.6. The van der Waals surface area contributed by atoms with Crippen LogP contribution in [0.15, 0.2) is 51.6 Å². The van der Waals surface area contributed by atoms with Gasteiger partial charge in [0, 0.05) is 5.69 Å². The Morgan fingerprint density at radius 3 is 2.74 bits per heavy atom. The first kappa shape index (κ1) is 11.3. The number of nitrogens with two attached hydrogens (primary N) is 1. The zero-order valence-corrected chi connectivity index (χ0v) is 9.95. The molecule has 0 saturated carbocycles. The second-order valence-corrected chi connectivity index (χ2v) is 3.85. The molecule has 2 N–H and O–H groups in total. The van der Waals surface area contributed by atoms with E-state index in [0.29, 0.717) is 28.9 Å². The fraction of sp³-hybridized carbons (Fsp3) is 0.0769. The van der Waals surface area contributed by atoms with Crippen LogP contribution in [0.1, 0.15) is 5.89 Å². The van der Waals surface area contributed by atoms with E-state index in [1.54, 1.807) is 42.7 Å². The average molecular weight is 257 g/mol. The van der Waals surface area contributed by atoms with E-state index in [1.165, 1.54) is 0 Å². The van der Waals surface area contributed by atoms with Gasteiger partial charge < -0.3 is 19.4 Å². The lowest BCUT2D eigenvalue weighted by Crippen LogP contribution is -1.96. The van der Waals surface area contributed by atoms with Gasteiger partial charge in [-0.25, -0.2) is 0 Å².